The smallest absolute Gasteiger partial charge is 0.252 e. The van der Waals surface area contributed by atoms with Gasteiger partial charge in [0, 0.05) is 23.0 Å². The fourth-order valence-corrected chi connectivity index (χ4v) is 1.37. The Morgan fingerprint density at radius 3 is 2.86 bits per heavy atom. The van der Waals surface area contributed by atoms with E-state index in [-0.39, 0.29) is 17.9 Å². The second-order valence-electron chi connectivity index (χ2n) is 3.06. The van der Waals surface area contributed by atoms with Gasteiger partial charge in [-0.1, -0.05) is 0 Å². The van der Waals surface area contributed by atoms with Gasteiger partial charge in [0.1, 0.15) is 5.82 Å². The zero-order valence-electron chi connectivity index (χ0n) is 7.38. The predicted molar refractivity (Wildman–Crippen MR) is 52.4 cm³/mol. The Morgan fingerprint density at radius 2 is 2.14 bits per heavy atom. The standard InChI is InChI=1S/C10H9FN2O/c11-8-1-2-9-6(4-8)3-7(5-12)10(14)13-9/h1-4H,5,12H2,(H,13,14). The zero-order valence-corrected chi connectivity index (χ0v) is 7.38. The van der Waals surface area contributed by atoms with Gasteiger partial charge < -0.3 is 10.7 Å². The molecule has 0 aliphatic carbocycles. The molecule has 0 amide bonds. The highest BCUT2D eigenvalue weighted by Gasteiger charge is 2.01. The van der Waals surface area contributed by atoms with Crippen LogP contribution in [-0.2, 0) is 6.54 Å². The van der Waals surface area contributed by atoms with Crippen molar-refractivity contribution in [2.75, 3.05) is 0 Å². The molecule has 1 aromatic carbocycles. The summed E-state index contributed by atoms with van der Waals surface area (Å²) in [7, 11) is 0. The topological polar surface area (TPSA) is 58.9 Å². The maximum absolute atomic E-state index is 12.8. The van der Waals surface area contributed by atoms with Gasteiger partial charge >= 0.3 is 0 Å². The number of fused-ring (bicyclic) bond motifs is 1. The Hall–Kier alpha value is -1.68. The molecule has 4 heteroatoms. The third-order valence-electron chi connectivity index (χ3n) is 2.10. The summed E-state index contributed by atoms with van der Waals surface area (Å²) in [4.78, 5) is 14.0. The minimum atomic E-state index is -0.326. The third kappa shape index (κ3) is 1.40. The second kappa shape index (κ2) is 3.23. The zero-order chi connectivity index (χ0) is 10.1. The summed E-state index contributed by atoms with van der Waals surface area (Å²) in [6, 6.07) is 5.81. The SMILES string of the molecule is NCc1cc2cc(F)ccc2[nH]c1=O. The summed E-state index contributed by atoms with van der Waals surface area (Å²) in [6.45, 7) is 0.155. The number of aromatic nitrogens is 1. The third-order valence-corrected chi connectivity index (χ3v) is 2.10. The first-order chi connectivity index (χ1) is 6.70. The minimum absolute atomic E-state index is 0.155. The summed E-state index contributed by atoms with van der Waals surface area (Å²) in [5, 5.41) is 0.657. The lowest BCUT2D eigenvalue weighted by molar-refractivity contribution is 0.629. The normalized spacial score (nSPS) is 10.7. The number of H-pyrrole nitrogens is 1. The first-order valence-corrected chi connectivity index (χ1v) is 4.22. The molecule has 0 saturated heterocycles. The number of pyridine rings is 1. The van der Waals surface area contributed by atoms with E-state index >= 15 is 0 Å². The first-order valence-electron chi connectivity index (χ1n) is 4.22. The molecule has 2 rings (SSSR count). The molecular formula is C10H9FN2O. The monoisotopic (exact) mass is 192 g/mol. The van der Waals surface area contributed by atoms with Gasteiger partial charge in [0.25, 0.3) is 5.56 Å². The number of nitrogens with one attached hydrogen (secondary N) is 1. The number of halogens is 1. The Balaban J connectivity index is 2.80. The summed E-state index contributed by atoms with van der Waals surface area (Å²) in [6.07, 6.45) is 0. The van der Waals surface area contributed by atoms with E-state index in [9.17, 15) is 9.18 Å². The van der Waals surface area contributed by atoms with Crippen molar-refractivity contribution in [1.29, 1.82) is 0 Å². The molecule has 0 spiro atoms. The number of hydrogen-bond acceptors (Lipinski definition) is 2. The lowest BCUT2D eigenvalue weighted by Gasteiger charge is -2.00. The van der Waals surface area contributed by atoms with Crippen LogP contribution in [0.4, 0.5) is 4.39 Å². The fourth-order valence-electron chi connectivity index (χ4n) is 1.37. The molecule has 1 aromatic heterocycles. The highest BCUT2D eigenvalue weighted by Crippen LogP contribution is 2.12. The highest BCUT2D eigenvalue weighted by molar-refractivity contribution is 5.78. The summed E-state index contributed by atoms with van der Waals surface area (Å²) in [5.74, 6) is -0.326. The molecular weight excluding hydrogens is 183 g/mol. The molecule has 2 aromatic rings. The number of aromatic amines is 1. The molecule has 1 heterocycles. The van der Waals surface area contributed by atoms with Gasteiger partial charge in [0.2, 0.25) is 0 Å². The van der Waals surface area contributed by atoms with Crippen LogP contribution < -0.4 is 11.3 Å². The average molecular weight is 192 g/mol. The lowest BCUT2D eigenvalue weighted by Crippen LogP contribution is -2.15. The van der Waals surface area contributed by atoms with Crippen LogP contribution in [0.2, 0.25) is 0 Å². The van der Waals surface area contributed by atoms with Crippen LogP contribution in [0, 0.1) is 5.82 Å². The van der Waals surface area contributed by atoms with Crippen LogP contribution in [0.5, 0.6) is 0 Å². The molecule has 0 unspecified atom stereocenters. The van der Waals surface area contributed by atoms with E-state index in [1.807, 2.05) is 0 Å². The molecule has 14 heavy (non-hydrogen) atoms. The van der Waals surface area contributed by atoms with Crippen LogP contribution in [0.1, 0.15) is 5.56 Å². The molecule has 0 aliphatic heterocycles. The Morgan fingerprint density at radius 1 is 1.36 bits per heavy atom. The molecule has 72 valence electrons. The van der Waals surface area contributed by atoms with Crippen LogP contribution in [0.3, 0.4) is 0 Å². The van der Waals surface area contributed by atoms with E-state index in [1.54, 1.807) is 6.07 Å². The minimum Gasteiger partial charge on any atom is -0.326 e. The lowest BCUT2D eigenvalue weighted by atomic mass is 10.1. The van der Waals surface area contributed by atoms with Gasteiger partial charge in [-0.15, -0.1) is 0 Å². The molecule has 0 radical (unpaired) electrons. The van der Waals surface area contributed by atoms with Gasteiger partial charge in [0.05, 0.1) is 0 Å². The number of nitrogens with two attached hydrogens (primary N) is 1. The number of rotatable bonds is 1. The maximum Gasteiger partial charge on any atom is 0.252 e. The summed E-state index contributed by atoms with van der Waals surface area (Å²) >= 11 is 0. The maximum atomic E-state index is 12.8. The van der Waals surface area contributed by atoms with Crippen molar-refractivity contribution in [2.45, 2.75) is 6.54 Å². The predicted octanol–water partition coefficient (Wildman–Crippen LogP) is 1.13. The Labute approximate surface area is 79.4 Å². The van der Waals surface area contributed by atoms with Crippen molar-refractivity contribution in [3.63, 3.8) is 0 Å². The number of hydrogen-bond donors (Lipinski definition) is 2. The van der Waals surface area contributed by atoms with E-state index in [0.717, 1.165) is 0 Å². The largest absolute Gasteiger partial charge is 0.326 e. The van der Waals surface area contributed by atoms with Gasteiger partial charge in [-0.25, -0.2) is 4.39 Å². The molecule has 0 atom stereocenters. The van der Waals surface area contributed by atoms with Crippen molar-refractivity contribution < 1.29 is 4.39 Å². The Kier molecular flexibility index (Phi) is 2.05. The van der Waals surface area contributed by atoms with Crippen molar-refractivity contribution >= 4 is 10.9 Å². The molecule has 3 nitrogen and oxygen atoms in total. The highest BCUT2D eigenvalue weighted by atomic mass is 19.1. The van der Waals surface area contributed by atoms with Crippen LogP contribution in [0.15, 0.2) is 29.1 Å². The van der Waals surface area contributed by atoms with Crippen LogP contribution in [0.25, 0.3) is 10.9 Å². The van der Waals surface area contributed by atoms with E-state index in [2.05, 4.69) is 4.98 Å². The van der Waals surface area contributed by atoms with Crippen LogP contribution >= 0.6 is 0 Å². The summed E-state index contributed by atoms with van der Waals surface area (Å²) < 4.78 is 12.8. The van der Waals surface area contributed by atoms with E-state index in [4.69, 9.17) is 5.73 Å². The average Bonchev–Trinajstić information content (AvgIpc) is 2.17. The van der Waals surface area contributed by atoms with E-state index < -0.39 is 0 Å². The first kappa shape index (κ1) is 8.90. The number of benzene rings is 1. The quantitative estimate of drug-likeness (QED) is 0.711. The van der Waals surface area contributed by atoms with Crippen molar-refractivity contribution in [3.8, 4) is 0 Å². The van der Waals surface area contributed by atoms with Crippen LogP contribution in [-0.4, -0.2) is 4.98 Å². The van der Waals surface area contributed by atoms with Gasteiger partial charge in [0.15, 0.2) is 0 Å². The molecule has 0 bridgehead atoms. The van der Waals surface area contributed by atoms with Gasteiger partial charge in [-0.2, -0.15) is 0 Å². The van der Waals surface area contributed by atoms with E-state index in [1.165, 1.54) is 18.2 Å². The van der Waals surface area contributed by atoms with Gasteiger partial charge in [-0.05, 0) is 24.3 Å². The van der Waals surface area contributed by atoms with Gasteiger partial charge in [-0.3, -0.25) is 4.79 Å². The molecule has 0 aliphatic rings. The van der Waals surface area contributed by atoms with Crippen molar-refractivity contribution in [3.05, 3.63) is 46.0 Å². The van der Waals surface area contributed by atoms with Crippen molar-refractivity contribution in [1.82, 2.24) is 4.98 Å². The Bertz CT molecular complexity index is 533. The fraction of sp³-hybridized carbons (Fsp3) is 0.100. The molecule has 0 saturated carbocycles. The van der Waals surface area contributed by atoms with E-state index in [0.29, 0.717) is 16.5 Å². The molecule has 3 N–H and O–H groups in total. The molecule has 0 fully saturated rings. The second-order valence-corrected chi connectivity index (χ2v) is 3.06. The summed E-state index contributed by atoms with van der Waals surface area (Å²) in [5.41, 5.74) is 6.23. The van der Waals surface area contributed by atoms with Crippen molar-refractivity contribution in [2.24, 2.45) is 5.73 Å².